The Kier molecular flexibility index (Phi) is 3.29. The Labute approximate surface area is 82.4 Å². The van der Waals surface area contributed by atoms with Gasteiger partial charge in [0, 0.05) is 6.08 Å². The van der Waals surface area contributed by atoms with Crippen LogP contribution in [0.4, 0.5) is 0 Å². The van der Waals surface area contributed by atoms with Crippen molar-refractivity contribution in [2.24, 2.45) is 0 Å². The lowest BCUT2D eigenvalue weighted by molar-refractivity contribution is -0.131. The first-order valence-electron chi connectivity index (χ1n) is 4.23. The van der Waals surface area contributed by atoms with Gasteiger partial charge >= 0.3 is 5.97 Å². The lowest BCUT2D eigenvalue weighted by Gasteiger charge is -1.88. The molecule has 1 heterocycles. The number of hydrogen-bond acceptors (Lipinski definition) is 2. The second-order valence-corrected chi connectivity index (χ2v) is 3.01. The number of carbonyl (C=O) groups is 1. The molecule has 1 aromatic rings. The second-order valence-electron chi connectivity index (χ2n) is 3.01. The van der Waals surface area contributed by atoms with Crippen LogP contribution < -0.4 is 0 Å². The summed E-state index contributed by atoms with van der Waals surface area (Å²) < 4.78 is 5.28. The summed E-state index contributed by atoms with van der Waals surface area (Å²) in [7, 11) is 0. The summed E-state index contributed by atoms with van der Waals surface area (Å²) in [5.41, 5.74) is 0.673. The molecule has 1 aromatic heterocycles. The van der Waals surface area contributed by atoms with Crippen LogP contribution in [0.5, 0.6) is 0 Å². The molecule has 0 unspecified atom stereocenters. The molecule has 0 spiro atoms. The summed E-state index contributed by atoms with van der Waals surface area (Å²) in [5.74, 6) is 0.618. The molecule has 3 heteroatoms. The van der Waals surface area contributed by atoms with Gasteiger partial charge in [-0.3, -0.25) is 0 Å². The van der Waals surface area contributed by atoms with Crippen molar-refractivity contribution in [3.05, 3.63) is 41.4 Å². The summed E-state index contributed by atoms with van der Waals surface area (Å²) in [6.07, 6.45) is 4.58. The van der Waals surface area contributed by atoms with E-state index in [1.807, 2.05) is 19.1 Å². The molecule has 0 aliphatic carbocycles. The fourth-order valence-electron chi connectivity index (χ4n) is 0.999. The Bertz CT molecular complexity index is 383. The molecular weight excluding hydrogens is 180 g/mol. The molecule has 0 saturated heterocycles. The van der Waals surface area contributed by atoms with Gasteiger partial charge in [-0.25, -0.2) is 4.79 Å². The van der Waals surface area contributed by atoms with Crippen molar-refractivity contribution in [2.75, 3.05) is 0 Å². The fourth-order valence-corrected chi connectivity index (χ4v) is 0.999. The van der Waals surface area contributed by atoms with Crippen LogP contribution in [-0.2, 0) is 4.79 Å². The molecular formula is C11H12O3. The summed E-state index contributed by atoms with van der Waals surface area (Å²) >= 11 is 0. The summed E-state index contributed by atoms with van der Waals surface area (Å²) in [4.78, 5) is 10.3. The molecule has 0 aliphatic heterocycles. The van der Waals surface area contributed by atoms with E-state index in [0.717, 1.165) is 17.6 Å². The van der Waals surface area contributed by atoms with Gasteiger partial charge in [0.25, 0.3) is 0 Å². The number of aliphatic carboxylic acids is 1. The Morgan fingerprint density at radius 2 is 2.21 bits per heavy atom. The first-order chi connectivity index (χ1) is 6.58. The maximum Gasteiger partial charge on any atom is 0.328 e. The minimum absolute atomic E-state index is 0.673. The Morgan fingerprint density at radius 3 is 2.71 bits per heavy atom. The van der Waals surface area contributed by atoms with E-state index in [9.17, 15) is 4.79 Å². The van der Waals surface area contributed by atoms with Crippen LogP contribution >= 0.6 is 0 Å². The van der Waals surface area contributed by atoms with E-state index < -0.39 is 5.97 Å². The summed E-state index contributed by atoms with van der Waals surface area (Å²) in [5, 5.41) is 8.45. The predicted octanol–water partition coefficient (Wildman–Crippen LogP) is 2.63. The van der Waals surface area contributed by atoms with Gasteiger partial charge in [0.2, 0.25) is 0 Å². The first-order valence-corrected chi connectivity index (χ1v) is 4.23. The predicted molar refractivity (Wildman–Crippen MR) is 53.9 cm³/mol. The molecule has 0 aromatic carbocycles. The van der Waals surface area contributed by atoms with Crippen molar-refractivity contribution in [2.45, 2.75) is 13.8 Å². The summed E-state index contributed by atoms with van der Waals surface area (Å²) in [6.45, 7) is 3.58. The number of aryl methyl sites for hydroxylation is 1. The quantitative estimate of drug-likeness (QED) is 0.591. The zero-order chi connectivity index (χ0) is 10.6. The highest BCUT2D eigenvalue weighted by Crippen LogP contribution is 2.09. The molecule has 1 rings (SSSR count). The standard InChI is InChI=1S/C11H12O3/c1-8(7-11(12)13)3-5-10-6-4-9(2)14-10/h3-7H,1-2H3,(H,12,13)/b5-3+,8-7+. The minimum atomic E-state index is -0.942. The average molecular weight is 192 g/mol. The third-order valence-electron chi connectivity index (χ3n) is 1.62. The first kappa shape index (κ1) is 10.3. The third-order valence-corrected chi connectivity index (χ3v) is 1.62. The summed E-state index contributed by atoms with van der Waals surface area (Å²) in [6, 6.07) is 3.69. The van der Waals surface area contributed by atoms with Crippen LogP contribution in [0.15, 0.2) is 34.3 Å². The van der Waals surface area contributed by atoms with Crippen molar-refractivity contribution >= 4 is 12.0 Å². The van der Waals surface area contributed by atoms with E-state index in [2.05, 4.69) is 0 Å². The van der Waals surface area contributed by atoms with Crippen LogP contribution in [-0.4, -0.2) is 11.1 Å². The van der Waals surface area contributed by atoms with Crippen LogP contribution in [0.3, 0.4) is 0 Å². The number of carboxylic acid groups (broad SMARTS) is 1. The van der Waals surface area contributed by atoms with E-state index >= 15 is 0 Å². The molecule has 0 radical (unpaired) electrons. The highest BCUT2D eigenvalue weighted by molar-refractivity contribution is 5.81. The number of furan rings is 1. The number of hydrogen-bond donors (Lipinski definition) is 1. The lowest BCUT2D eigenvalue weighted by Crippen LogP contribution is -1.87. The number of rotatable bonds is 3. The van der Waals surface area contributed by atoms with Gasteiger partial charge in [-0.1, -0.05) is 6.08 Å². The Hall–Kier alpha value is -1.77. The molecule has 0 bridgehead atoms. The van der Waals surface area contributed by atoms with Crippen LogP contribution in [0.1, 0.15) is 18.4 Å². The van der Waals surface area contributed by atoms with Gasteiger partial charge in [-0.2, -0.15) is 0 Å². The number of allylic oxidation sites excluding steroid dienone is 2. The molecule has 0 saturated carbocycles. The maximum atomic E-state index is 10.3. The zero-order valence-corrected chi connectivity index (χ0v) is 8.15. The lowest BCUT2D eigenvalue weighted by atomic mass is 10.2. The van der Waals surface area contributed by atoms with Gasteiger partial charge in [0.1, 0.15) is 11.5 Å². The van der Waals surface area contributed by atoms with Gasteiger partial charge in [0.05, 0.1) is 0 Å². The molecule has 0 amide bonds. The minimum Gasteiger partial charge on any atom is -0.478 e. The van der Waals surface area contributed by atoms with E-state index in [1.165, 1.54) is 0 Å². The average Bonchev–Trinajstić information content (AvgIpc) is 2.47. The van der Waals surface area contributed by atoms with Gasteiger partial charge < -0.3 is 9.52 Å². The maximum absolute atomic E-state index is 10.3. The molecule has 3 nitrogen and oxygen atoms in total. The Morgan fingerprint density at radius 1 is 1.50 bits per heavy atom. The molecule has 0 fully saturated rings. The van der Waals surface area contributed by atoms with Crippen molar-refractivity contribution in [3.63, 3.8) is 0 Å². The van der Waals surface area contributed by atoms with Crippen LogP contribution in [0.2, 0.25) is 0 Å². The molecule has 1 N–H and O–H groups in total. The SMILES string of the molecule is CC(/C=C/c1ccc(C)o1)=C\C(=O)O. The zero-order valence-electron chi connectivity index (χ0n) is 8.15. The smallest absolute Gasteiger partial charge is 0.328 e. The van der Waals surface area contributed by atoms with Crippen molar-refractivity contribution in [3.8, 4) is 0 Å². The highest BCUT2D eigenvalue weighted by Gasteiger charge is 1.93. The van der Waals surface area contributed by atoms with E-state index in [1.54, 1.807) is 19.1 Å². The molecule has 0 atom stereocenters. The molecule has 74 valence electrons. The topological polar surface area (TPSA) is 50.4 Å². The largest absolute Gasteiger partial charge is 0.478 e. The fraction of sp³-hybridized carbons (Fsp3) is 0.182. The third kappa shape index (κ3) is 3.31. The second kappa shape index (κ2) is 4.46. The van der Waals surface area contributed by atoms with Crippen LogP contribution in [0.25, 0.3) is 6.08 Å². The highest BCUT2D eigenvalue weighted by atomic mass is 16.4. The van der Waals surface area contributed by atoms with Gasteiger partial charge in [0.15, 0.2) is 0 Å². The Balaban J connectivity index is 2.69. The van der Waals surface area contributed by atoms with E-state index in [0.29, 0.717) is 5.57 Å². The monoisotopic (exact) mass is 192 g/mol. The molecule has 14 heavy (non-hydrogen) atoms. The van der Waals surface area contributed by atoms with Crippen molar-refractivity contribution in [1.29, 1.82) is 0 Å². The van der Waals surface area contributed by atoms with Crippen molar-refractivity contribution in [1.82, 2.24) is 0 Å². The normalized spacial score (nSPS) is 12.3. The van der Waals surface area contributed by atoms with Crippen molar-refractivity contribution < 1.29 is 14.3 Å². The van der Waals surface area contributed by atoms with E-state index in [-0.39, 0.29) is 0 Å². The van der Waals surface area contributed by atoms with Gasteiger partial charge in [-0.15, -0.1) is 0 Å². The number of carboxylic acids is 1. The van der Waals surface area contributed by atoms with Gasteiger partial charge in [-0.05, 0) is 37.6 Å². The van der Waals surface area contributed by atoms with E-state index in [4.69, 9.17) is 9.52 Å². The van der Waals surface area contributed by atoms with Crippen LogP contribution in [0, 0.1) is 6.92 Å². The molecule has 0 aliphatic rings.